The highest BCUT2D eigenvalue weighted by Gasteiger charge is 2.12. The average molecular weight is 349 g/mol. The summed E-state index contributed by atoms with van der Waals surface area (Å²) < 4.78 is 23.2. The monoisotopic (exact) mass is 349 g/mol. The molecule has 0 saturated heterocycles. The van der Waals surface area contributed by atoms with E-state index in [-0.39, 0.29) is 4.90 Å². The van der Waals surface area contributed by atoms with Gasteiger partial charge in [-0.15, -0.1) is 0 Å². The summed E-state index contributed by atoms with van der Waals surface area (Å²) in [5, 5.41) is 9.30. The predicted octanol–water partition coefficient (Wildman–Crippen LogP) is 3.27. The van der Waals surface area contributed by atoms with Crippen LogP contribution in [0, 0.1) is 11.3 Å². The first-order valence-electron chi connectivity index (χ1n) is 7.45. The summed E-state index contributed by atoms with van der Waals surface area (Å²) in [5.41, 5.74) is 9.50. The minimum Gasteiger partial charge on any atom is -0.383 e. The molecule has 0 radical (unpaired) electrons. The number of sulfone groups is 1. The highest BCUT2D eigenvalue weighted by Crippen LogP contribution is 2.31. The number of nitriles is 1. The fourth-order valence-corrected chi connectivity index (χ4v) is 3.19. The van der Waals surface area contributed by atoms with E-state index in [4.69, 9.17) is 5.73 Å². The van der Waals surface area contributed by atoms with E-state index in [9.17, 15) is 13.7 Å². The van der Waals surface area contributed by atoms with E-state index in [1.165, 1.54) is 6.26 Å². The molecule has 0 saturated carbocycles. The molecule has 3 rings (SSSR count). The lowest BCUT2D eigenvalue weighted by atomic mass is 9.98. The van der Waals surface area contributed by atoms with E-state index in [0.717, 1.165) is 11.1 Å². The van der Waals surface area contributed by atoms with Crippen molar-refractivity contribution in [2.75, 3.05) is 12.0 Å². The highest BCUT2D eigenvalue weighted by molar-refractivity contribution is 7.90. The molecule has 0 bridgehead atoms. The van der Waals surface area contributed by atoms with Crippen molar-refractivity contribution < 1.29 is 8.42 Å². The van der Waals surface area contributed by atoms with Gasteiger partial charge in [-0.1, -0.05) is 30.3 Å². The molecule has 0 fully saturated rings. The van der Waals surface area contributed by atoms with Crippen molar-refractivity contribution in [3.63, 3.8) is 0 Å². The Kier molecular flexibility index (Phi) is 4.26. The molecule has 1 aromatic heterocycles. The smallest absolute Gasteiger partial charge is 0.175 e. The Hall–Kier alpha value is -3.17. The number of pyridine rings is 1. The van der Waals surface area contributed by atoms with Crippen molar-refractivity contribution in [3.05, 3.63) is 66.4 Å². The molecule has 1 heterocycles. The quantitative estimate of drug-likeness (QED) is 0.782. The number of hydrogen-bond donors (Lipinski definition) is 1. The van der Waals surface area contributed by atoms with Gasteiger partial charge in [-0.25, -0.2) is 13.4 Å². The second-order valence-corrected chi connectivity index (χ2v) is 7.63. The third kappa shape index (κ3) is 3.37. The molecule has 0 spiro atoms. The van der Waals surface area contributed by atoms with E-state index >= 15 is 0 Å². The van der Waals surface area contributed by atoms with Crippen LogP contribution in [0.15, 0.2) is 65.7 Å². The average Bonchev–Trinajstić information content (AvgIpc) is 2.61. The molecule has 0 aliphatic rings. The fourth-order valence-electron chi connectivity index (χ4n) is 2.56. The molecule has 124 valence electrons. The van der Waals surface area contributed by atoms with Crippen LogP contribution in [0.3, 0.4) is 0 Å². The predicted molar refractivity (Wildman–Crippen MR) is 97.3 cm³/mol. The van der Waals surface area contributed by atoms with Crippen molar-refractivity contribution in [1.82, 2.24) is 4.98 Å². The van der Waals surface area contributed by atoms with Crippen molar-refractivity contribution in [3.8, 4) is 28.3 Å². The summed E-state index contributed by atoms with van der Waals surface area (Å²) in [4.78, 5) is 4.49. The van der Waals surface area contributed by atoms with Gasteiger partial charge >= 0.3 is 0 Å². The first kappa shape index (κ1) is 16.7. The SMILES string of the molecule is CS(=O)(=O)c1ccc(-c2cnc(N)c(-c3ccccc3C#N)c2)cc1. The summed E-state index contributed by atoms with van der Waals surface area (Å²) in [7, 11) is -3.24. The summed E-state index contributed by atoms with van der Waals surface area (Å²) in [5.74, 6) is 0.333. The zero-order valence-corrected chi connectivity index (χ0v) is 14.3. The van der Waals surface area contributed by atoms with E-state index in [1.54, 1.807) is 42.6 Å². The van der Waals surface area contributed by atoms with E-state index in [2.05, 4.69) is 11.1 Å². The third-order valence-electron chi connectivity index (χ3n) is 3.87. The second kappa shape index (κ2) is 6.38. The Morgan fingerprint density at radius 3 is 2.32 bits per heavy atom. The van der Waals surface area contributed by atoms with E-state index in [0.29, 0.717) is 22.5 Å². The maximum atomic E-state index is 11.6. The van der Waals surface area contributed by atoms with Crippen LogP contribution in [-0.4, -0.2) is 19.7 Å². The zero-order chi connectivity index (χ0) is 18.0. The Morgan fingerprint density at radius 2 is 1.68 bits per heavy atom. The van der Waals surface area contributed by atoms with Gasteiger partial charge in [0.15, 0.2) is 9.84 Å². The molecule has 0 unspecified atom stereocenters. The number of nitrogens with zero attached hydrogens (tertiary/aromatic N) is 2. The zero-order valence-electron chi connectivity index (χ0n) is 13.5. The van der Waals surface area contributed by atoms with Gasteiger partial charge in [0, 0.05) is 29.1 Å². The van der Waals surface area contributed by atoms with Gasteiger partial charge in [-0.3, -0.25) is 0 Å². The molecular weight excluding hydrogens is 334 g/mol. The molecule has 0 atom stereocenters. The maximum absolute atomic E-state index is 11.6. The molecule has 3 aromatic rings. The number of hydrogen-bond acceptors (Lipinski definition) is 5. The van der Waals surface area contributed by atoms with E-state index in [1.807, 2.05) is 18.2 Å². The van der Waals surface area contributed by atoms with Gasteiger partial charge in [0.2, 0.25) is 0 Å². The van der Waals surface area contributed by atoms with Gasteiger partial charge in [-0.2, -0.15) is 5.26 Å². The molecule has 0 aliphatic heterocycles. The van der Waals surface area contributed by atoms with Gasteiger partial charge in [0.25, 0.3) is 0 Å². The summed E-state index contributed by atoms with van der Waals surface area (Å²) in [6, 6.07) is 17.8. The Labute approximate surface area is 146 Å². The van der Waals surface area contributed by atoms with Gasteiger partial charge < -0.3 is 5.73 Å². The summed E-state index contributed by atoms with van der Waals surface area (Å²) >= 11 is 0. The Bertz CT molecular complexity index is 1080. The van der Waals surface area contributed by atoms with Crippen LogP contribution in [0.25, 0.3) is 22.3 Å². The largest absolute Gasteiger partial charge is 0.383 e. The van der Waals surface area contributed by atoms with Crippen LogP contribution in [0.5, 0.6) is 0 Å². The lowest BCUT2D eigenvalue weighted by molar-refractivity contribution is 0.602. The standard InChI is InChI=1S/C19H15N3O2S/c1-25(23,24)16-8-6-13(7-9-16)15-10-18(19(21)22-12-15)17-5-3-2-4-14(17)11-20/h2-10,12H,1H3,(H2,21,22). The third-order valence-corrected chi connectivity index (χ3v) is 5.00. The molecule has 0 aliphatic carbocycles. The molecule has 25 heavy (non-hydrogen) atoms. The van der Waals surface area contributed by atoms with Crippen LogP contribution in [0.1, 0.15) is 5.56 Å². The number of benzene rings is 2. The fraction of sp³-hybridized carbons (Fsp3) is 0.0526. The molecule has 2 N–H and O–H groups in total. The van der Waals surface area contributed by atoms with Crippen LogP contribution in [-0.2, 0) is 9.84 Å². The lowest BCUT2D eigenvalue weighted by Crippen LogP contribution is -1.98. The minimum atomic E-state index is -3.24. The second-order valence-electron chi connectivity index (χ2n) is 5.61. The van der Waals surface area contributed by atoms with Crippen molar-refractivity contribution in [1.29, 1.82) is 5.26 Å². The number of anilines is 1. The van der Waals surface area contributed by atoms with Gasteiger partial charge in [0.05, 0.1) is 16.5 Å². The van der Waals surface area contributed by atoms with Crippen LogP contribution in [0.2, 0.25) is 0 Å². The Morgan fingerprint density at radius 1 is 1.00 bits per heavy atom. The lowest BCUT2D eigenvalue weighted by Gasteiger charge is -2.10. The summed E-state index contributed by atoms with van der Waals surface area (Å²) in [6.45, 7) is 0. The van der Waals surface area contributed by atoms with Crippen molar-refractivity contribution in [2.45, 2.75) is 4.90 Å². The molecular formula is C19H15N3O2S. The molecule has 0 amide bonds. The topological polar surface area (TPSA) is 96.8 Å². The maximum Gasteiger partial charge on any atom is 0.175 e. The van der Waals surface area contributed by atoms with Crippen molar-refractivity contribution >= 4 is 15.7 Å². The van der Waals surface area contributed by atoms with Gasteiger partial charge in [0.1, 0.15) is 5.82 Å². The van der Waals surface area contributed by atoms with Gasteiger partial charge in [-0.05, 0) is 29.8 Å². The number of aromatic nitrogens is 1. The van der Waals surface area contributed by atoms with E-state index < -0.39 is 9.84 Å². The number of rotatable bonds is 3. The normalized spacial score (nSPS) is 11.0. The molecule has 6 heteroatoms. The first-order chi connectivity index (χ1) is 11.9. The van der Waals surface area contributed by atoms with Crippen molar-refractivity contribution in [2.24, 2.45) is 0 Å². The highest BCUT2D eigenvalue weighted by atomic mass is 32.2. The summed E-state index contributed by atoms with van der Waals surface area (Å²) in [6.07, 6.45) is 2.80. The first-order valence-corrected chi connectivity index (χ1v) is 9.35. The van der Waals surface area contributed by atoms with Crippen LogP contribution in [0.4, 0.5) is 5.82 Å². The van der Waals surface area contributed by atoms with Crippen LogP contribution < -0.4 is 5.73 Å². The Balaban J connectivity index is 2.10. The number of nitrogen functional groups attached to an aromatic ring is 1. The van der Waals surface area contributed by atoms with Crippen LogP contribution >= 0.6 is 0 Å². The number of nitrogens with two attached hydrogens (primary N) is 1. The molecule has 5 nitrogen and oxygen atoms in total. The minimum absolute atomic E-state index is 0.259. The molecule has 2 aromatic carbocycles.